The number of carbonyl (C=O) groups excluding carboxylic acids is 1. The van der Waals surface area contributed by atoms with E-state index in [0.717, 1.165) is 11.1 Å². The fourth-order valence-corrected chi connectivity index (χ4v) is 5.10. The molecule has 1 atom stereocenters. The van der Waals surface area contributed by atoms with Gasteiger partial charge in [0.1, 0.15) is 6.04 Å². The smallest absolute Gasteiger partial charge is 0.241 e. The lowest BCUT2D eigenvalue weighted by Gasteiger charge is -2.21. The Bertz CT molecular complexity index is 1090. The van der Waals surface area contributed by atoms with Crippen LogP contribution in [-0.4, -0.2) is 41.9 Å². The zero-order valence-electron chi connectivity index (χ0n) is 18.0. The molecule has 2 aromatic rings. The van der Waals surface area contributed by atoms with Crippen molar-refractivity contribution < 1.29 is 21.6 Å². The first-order valence-corrected chi connectivity index (χ1v) is 12.8. The second kappa shape index (κ2) is 10.4. The van der Waals surface area contributed by atoms with Crippen LogP contribution in [0.2, 0.25) is 0 Å². The van der Waals surface area contributed by atoms with Gasteiger partial charge in [0.05, 0.1) is 9.79 Å². The summed E-state index contributed by atoms with van der Waals surface area (Å²) >= 11 is 0. The molecule has 10 heteroatoms. The summed E-state index contributed by atoms with van der Waals surface area (Å²) in [7, 11) is -7.57. The van der Waals surface area contributed by atoms with Gasteiger partial charge in [0.2, 0.25) is 26.0 Å². The van der Waals surface area contributed by atoms with E-state index < -0.39 is 32.0 Å². The molecule has 0 heterocycles. The summed E-state index contributed by atoms with van der Waals surface area (Å²) in [5, 5.41) is 2.59. The minimum atomic E-state index is -3.88. The van der Waals surface area contributed by atoms with Crippen LogP contribution in [0.3, 0.4) is 0 Å². The molecule has 1 unspecified atom stereocenters. The van der Waals surface area contributed by atoms with Crippen molar-refractivity contribution in [3.63, 3.8) is 0 Å². The molecule has 0 saturated heterocycles. The summed E-state index contributed by atoms with van der Waals surface area (Å²) in [6.07, 6.45) is 0. The van der Waals surface area contributed by atoms with E-state index in [1.54, 1.807) is 38.1 Å². The molecule has 0 spiro atoms. The number of rotatable bonds is 10. The SMILES string of the molecule is Cc1ccc(S(=O)(=O)NCCNC(=O)C(NS(=O)(=O)c2ccc(C)cc2)C(C)C)cc1. The van der Waals surface area contributed by atoms with Crippen LogP contribution >= 0.6 is 0 Å². The van der Waals surface area contributed by atoms with Crippen LogP contribution in [0.5, 0.6) is 0 Å². The highest BCUT2D eigenvalue weighted by Gasteiger charge is 2.28. The predicted octanol–water partition coefficient (Wildman–Crippen LogP) is 1.70. The molecule has 0 aliphatic rings. The summed E-state index contributed by atoms with van der Waals surface area (Å²) in [6.45, 7) is 7.14. The van der Waals surface area contributed by atoms with Crippen molar-refractivity contribution in [2.24, 2.45) is 5.92 Å². The molecule has 2 aromatic carbocycles. The van der Waals surface area contributed by atoms with E-state index >= 15 is 0 Å². The van der Waals surface area contributed by atoms with Gasteiger partial charge in [-0.25, -0.2) is 21.6 Å². The summed E-state index contributed by atoms with van der Waals surface area (Å²) < 4.78 is 54.7. The van der Waals surface area contributed by atoms with Crippen molar-refractivity contribution >= 4 is 26.0 Å². The van der Waals surface area contributed by atoms with Crippen LogP contribution in [-0.2, 0) is 24.8 Å². The van der Waals surface area contributed by atoms with Gasteiger partial charge in [0, 0.05) is 13.1 Å². The van der Waals surface area contributed by atoms with Gasteiger partial charge in [-0.15, -0.1) is 0 Å². The van der Waals surface area contributed by atoms with Gasteiger partial charge in [0.15, 0.2) is 0 Å². The van der Waals surface area contributed by atoms with Crippen molar-refractivity contribution in [3.8, 4) is 0 Å². The Morgan fingerprint density at radius 2 is 1.23 bits per heavy atom. The number of sulfonamides is 2. The highest BCUT2D eigenvalue weighted by atomic mass is 32.2. The van der Waals surface area contributed by atoms with Crippen molar-refractivity contribution in [3.05, 3.63) is 59.7 Å². The molecule has 2 rings (SSSR count). The molecule has 0 bridgehead atoms. The molecule has 8 nitrogen and oxygen atoms in total. The van der Waals surface area contributed by atoms with E-state index in [1.807, 2.05) is 13.8 Å². The molecule has 0 fully saturated rings. The minimum absolute atomic E-state index is 0.0133. The molecule has 170 valence electrons. The van der Waals surface area contributed by atoms with E-state index in [9.17, 15) is 21.6 Å². The Hall–Kier alpha value is -2.27. The Morgan fingerprint density at radius 1 is 0.774 bits per heavy atom. The van der Waals surface area contributed by atoms with Gasteiger partial charge in [-0.3, -0.25) is 4.79 Å². The molecule has 0 aliphatic heterocycles. The molecule has 0 aliphatic carbocycles. The highest BCUT2D eigenvalue weighted by molar-refractivity contribution is 7.89. The van der Waals surface area contributed by atoms with Crippen molar-refractivity contribution in [1.82, 2.24) is 14.8 Å². The van der Waals surface area contributed by atoms with E-state index in [0.29, 0.717) is 0 Å². The number of hydrogen-bond donors (Lipinski definition) is 3. The number of nitrogens with one attached hydrogen (secondary N) is 3. The predicted molar refractivity (Wildman–Crippen MR) is 120 cm³/mol. The summed E-state index contributed by atoms with van der Waals surface area (Å²) in [6, 6.07) is 11.7. The molecule has 3 N–H and O–H groups in total. The Morgan fingerprint density at radius 3 is 1.68 bits per heavy atom. The average Bonchev–Trinajstić information content (AvgIpc) is 2.70. The summed E-state index contributed by atoms with van der Waals surface area (Å²) in [5.74, 6) is -0.843. The van der Waals surface area contributed by atoms with E-state index in [2.05, 4.69) is 14.8 Å². The monoisotopic (exact) mass is 467 g/mol. The average molecular weight is 468 g/mol. The fourth-order valence-electron chi connectivity index (χ4n) is 2.73. The summed E-state index contributed by atoms with van der Waals surface area (Å²) in [5.41, 5.74) is 1.87. The molecule has 31 heavy (non-hydrogen) atoms. The number of amides is 1. The molecule has 0 saturated carbocycles. The first kappa shape index (κ1) is 25.0. The molecular formula is C21H29N3O5S2. The first-order valence-electron chi connectivity index (χ1n) is 9.85. The van der Waals surface area contributed by atoms with Crippen molar-refractivity contribution in [2.45, 2.75) is 43.5 Å². The van der Waals surface area contributed by atoms with Crippen molar-refractivity contribution in [2.75, 3.05) is 13.1 Å². The number of carbonyl (C=O) groups is 1. The largest absolute Gasteiger partial charge is 0.353 e. The van der Waals surface area contributed by atoms with Gasteiger partial charge in [-0.2, -0.15) is 4.72 Å². The van der Waals surface area contributed by atoms with Gasteiger partial charge < -0.3 is 5.32 Å². The second-order valence-corrected chi connectivity index (χ2v) is 11.1. The standard InChI is InChI=1S/C21H29N3O5S2/c1-15(2)20(24-31(28,29)19-11-7-17(4)8-12-19)21(25)22-13-14-23-30(26,27)18-9-5-16(3)6-10-18/h5-12,15,20,23-24H,13-14H2,1-4H3,(H,22,25). The Labute approximate surface area is 184 Å². The van der Waals surface area contributed by atoms with E-state index in [-0.39, 0.29) is 28.8 Å². The van der Waals surface area contributed by atoms with E-state index in [4.69, 9.17) is 0 Å². The van der Waals surface area contributed by atoms with Gasteiger partial charge >= 0.3 is 0 Å². The fraction of sp³-hybridized carbons (Fsp3) is 0.381. The third-order valence-corrected chi connectivity index (χ3v) is 7.54. The van der Waals surface area contributed by atoms with Crippen LogP contribution in [0.4, 0.5) is 0 Å². The maximum Gasteiger partial charge on any atom is 0.241 e. The topological polar surface area (TPSA) is 121 Å². The summed E-state index contributed by atoms with van der Waals surface area (Å²) in [4.78, 5) is 12.8. The van der Waals surface area contributed by atoms with Crippen LogP contribution in [0.1, 0.15) is 25.0 Å². The molecule has 0 radical (unpaired) electrons. The maximum absolute atomic E-state index is 12.6. The van der Waals surface area contributed by atoms with Gasteiger partial charge in [-0.1, -0.05) is 49.2 Å². The zero-order valence-corrected chi connectivity index (χ0v) is 19.7. The highest BCUT2D eigenvalue weighted by Crippen LogP contribution is 2.13. The third kappa shape index (κ3) is 7.13. The number of aryl methyl sites for hydroxylation is 2. The lowest BCUT2D eigenvalue weighted by atomic mass is 10.1. The first-order chi connectivity index (χ1) is 14.4. The lowest BCUT2D eigenvalue weighted by molar-refractivity contribution is -0.123. The molecule has 1 amide bonds. The lowest BCUT2D eigenvalue weighted by Crippen LogP contribution is -2.50. The second-order valence-electron chi connectivity index (χ2n) is 7.66. The molecular weight excluding hydrogens is 438 g/mol. The zero-order chi connectivity index (χ0) is 23.2. The van der Waals surface area contributed by atoms with Crippen LogP contribution in [0, 0.1) is 19.8 Å². The number of hydrogen-bond acceptors (Lipinski definition) is 5. The van der Waals surface area contributed by atoms with Gasteiger partial charge in [-0.05, 0) is 44.0 Å². The van der Waals surface area contributed by atoms with E-state index in [1.165, 1.54) is 24.3 Å². The normalized spacial score (nSPS) is 13.2. The van der Waals surface area contributed by atoms with Gasteiger partial charge in [0.25, 0.3) is 0 Å². The quantitative estimate of drug-likeness (QED) is 0.459. The number of benzene rings is 2. The van der Waals surface area contributed by atoms with Crippen LogP contribution in [0.25, 0.3) is 0 Å². The Balaban J connectivity index is 1.95. The maximum atomic E-state index is 12.6. The van der Waals surface area contributed by atoms with Crippen LogP contribution in [0.15, 0.2) is 58.3 Å². The molecule has 0 aromatic heterocycles. The van der Waals surface area contributed by atoms with Crippen molar-refractivity contribution in [1.29, 1.82) is 0 Å². The Kier molecular flexibility index (Phi) is 8.35. The van der Waals surface area contributed by atoms with Crippen LogP contribution < -0.4 is 14.8 Å². The minimum Gasteiger partial charge on any atom is -0.353 e. The third-order valence-electron chi connectivity index (χ3n) is 4.61.